The van der Waals surface area contributed by atoms with E-state index in [1.165, 1.54) is 11.3 Å². The molecule has 100 valence electrons. The fourth-order valence-corrected chi connectivity index (χ4v) is 2.47. The monoisotopic (exact) mass is 303 g/mol. The van der Waals surface area contributed by atoms with Gasteiger partial charge in [-0.3, -0.25) is 10.4 Å². The molecule has 2 aromatic heterocycles. The summed E-state index contributed by atoms with van der Waals surface area (Å²) in [6.07, 6.45) is 3.38. The number of hydrazone groups is 1. The standard InChI is InChI=1S/C13H10ClN5S/c14-10-3-4-16-11-2-1-8(5-9(10)11)6-17-19-13-18-12(15)7-20-13/h1-7H,15H2,(H,18,19). The minimum absolute atomic E-state index is 0.483. The first-order chi connectivity index (χ1) is 9.72. The van der Waals surface area contributed by atoms with Crippen molar-refractivity contribution in [2.24, 2.45) is 5.10 Å². The van der Waals surface area contributed by atoms with E-state index in [0.717, 1.165) is 16.5 Å². The predicted octanol–water partition coefficient (Wildman–Crippen LogP) is 3.37. The van der Waals surface area contributed by atoms with Crippen LogP contribution in [-0.2, 0) is 0 Å². The van der Waals surface area contributed by atoms with Gasteiger partial charge in [0.2, 0.25) is 5.13 Å². The van der Waals surface area contributed by atoms with Crippen molar-refractivity contribution in [2.45, 2.75) is 0 Å². The number of pyridine rings is 1. The molecule has 0 spiro atoms. The molecule has 3 rings (SSSR count). The van der Waals surface area contributed by atoms with Gasteiger partial charge in [-0.05, 0) is 23.8 Å². The van der Waals surface area contributed by atoms with Crippen LogP contribution >= 0.6 is 22.9 Å². The summed E-state index contributed by atoms with van der Waals surface area (Å²) in [5.74, 6) is 0.483. The fraction of sp³-hybridized carbons (Fsp3) is 0. The van der Waals surface area contributed by atoms with Crippen LogP contribution in [0.15, 0.2) is 40.9 Å². The predicted molar refractivity (Wildman–Crippen MR) is 84.5 cm³/mol. The van der Waals surface area contributed by atoms with Gasteiger partial charge in [0.25, 0.3) is 0 Å². The second-order valence-electron chi connectivity index (χ2n) is 4.02. The number of anilines is 2. The van der Waals surface area contributed by atoms with Crippen molar-refractivity contribution in [3.05, 3.63) is 46.4 Å². The number of rotatable bonds is 3. The zero-order valence-electron chi connectivity index (χ0n) is 10.2. The number of hydrogen-bond donors (Lipinski definition) is 2. The average molecular weight is 304 g/mol. The van der Waals surface area contributed by atoms with Crippen molar-refractivity contribution >= 4 is 51.0 Å². The van der Waals surface area contributed by atoms with E-state index in [4.69, 9.17) is 17.3 Å². The molecular weight excluding hydrogens is 294 g/mol. The van der Waals surface area contributed by atoms with Gasteiger partial charge in [0.05, 0.1) is 16.8 Å². The molecule has 0 aliphatic heterocycles. The Morgan fingerprint density at radius 3 is 3.05 bits per heavy atom. The summed E-state index contributed by atoms with van der Waals surface area (Å²) in [6, 6.07) is 7.53. The van der Waals surface area contributed by atoms with Gasteiger partial charge in [0.15, 0.2) is 0 Å². The van der Waals surface area contributed by atoms with Crippen LogP contribution in [0.4, 0.5) is 10.9 Å². The number of nitrogens with two attached hydrogens (primary N) is 1. The molecule has 0 amide bonds. The van der Waals surface area contributed by atoms with Crippen molar-refractivity contribution in [1.82, 2.24) is 9.97 Å². The third kappa shape index (κ3) is 2.71. The molecule has 0 aliphatic rings. The van der Waals surface area contributed by atoms with Gasteiger partial charge in [-0.15, -0.1) is 11.3 Å². The van der Waals surface area contributed by atoms with Gasteiger partial charge >= 0.3 is 0 Å². The molecule has 1 aromatic carbocycles. The Balaban J connectivity index is 1.82. The molecule has 7 heteroatoms. The average Bonchev–Trinajstić information content (AvgIpc) is 2.85. The Morgan fingerprint density at radius 2 is 2.25 bits per heavy atom. The zero-order valence-corrected chi connectivity index (χ0v) is 11.8. The maximum atomic E-state index is 6.14. The number of nitrogens with one attached hydrogen (secondary N) is 1. The summed E-state index contributed by atoms with van der Waals surface area (Å²) in [6.45, 7) is 0. The van der Waals surface area contributed by atoms with Crippen molar-refractivity contribution in [2.75, 3.05) is 11.2 Å². The second kappa shape index (κ2) is 5.44. The Labute approximate surface area is 124 Å². The lowest BCUT2D eigenvalue weighted by atomic mass is 10.1. The van der Waals surface area contributed by atoms with Crippen LogP contribution in [0.1, 0.15) is 5.56 Å². The van der Waals surface area contributed by atoms with Crippen LogP contribution in [0.25, 0.3) is 10.9 Å². The molecular formula is C13H10ClN5S. The minimum Gasteiger partial charge on any atom is -0.383 e. The summed E-state index contributed by atoms with van der Waals surface area (Å²) >= 11 is 7.54. The molecule has 0 fully saturated rings. The quantitative estimate of drug-likeness (QED) is 0.574. The summed E-state index contributed by atoms with van der Waals surface area (Å²) in [5, 5.41) is 8.09. The first-order valence-corrected chi connectivity index (χ1v) is 7.02. The molecule has 20 heavy (non-hydrogen) atoms. The molecule has 0 radical (unpaired) electrons. The SMILES string of the molecule is Nc1csc(NN=Cc2ccc3nccc(Cl)c3c2)n1. The van der Waals surface area contributed by atoms with E-state index in [2.05, 4.69) is 20.5 Å². The molecule has 3 aromatic rings. The highest BCUT2D eigenvalue weighted by Crippen LogP contribution is 2.22. The first-order valence-electron chi connectivity index (χ1n) is 5.77. The Morgan fingerprint density at radius 1 is 1.35 bits per heavy atom. The summed E-state index contributed by atoms with van der Waals surface area (Å²) in [7, 11) is 0. The number of benzene rings is 1. The van der Waals surface area contributed by atoms with E-state index in [-0.39, 0.29) is 0 Å². The van der Waals surface area contributed by atoms with Crippen molar-refractivity contribution < 1.29 is 0 Å². The summed E-state index contributed by atoms with van der Waals surface area (Å²) < 4.78 is 0. The van der Waals surface area contributed by atoms with Gasteiger partial charge in [-0.25, -0.2) is 4.98 Å². The molecule has 0 saturated carbocycles. The zero-order chi connectivity index (χ0) is 13.9. The third-order valence-corrected chi connectivity index (χ3v) is 3.70. The Kier molecular flexibility index (Phi) is 3.49. The number of thiazole rings is 1. The van der Waals surface area contributed by atoms with Gasteiger partial charge in [-0.2, -0.15) is 5.10 Å². The lowest BCUT2D eigenvalue weighted by Crippen LogP contribution is -1.91. The van der Waals surface area contributed by atoms with Crippen LogP contribution in [0.5, 0.6) is 0 Å². The second-order valence-corrected chi connectivity index (χ2v) is 5.28. The highest BCUT2D eigenvalue weighted by Gasteiger charge is 2.00. The minimum atomic E-state index is 0.483. The van der Waals surface area contributed by atoms with E-state index in [0.29, 0.717) is 16.0 Å². The van der Waals surface area contributed by atoms with E-state index < -0.39 is 0 Å². The van der Waals surface area contributed by atoms with E-state index in [1.807, 2.05) is 18.2 Å². The van der Waals surface area contributed by atoms with Crippen LogP contribution in [0.2, 0.25) is 5.02 Å². The number of nitrogen functional groups attached to an aromatic ring is 1. The Hall–Kier alpha value is -2.18. The van der Waals surface area contributed by atoms with E-state index in [9.17, 15) is 0 Å². The lowest BCUT2D eigenvalue weighted by Gasteiger charge is -2.00. The van der Waals surface area contributed by atoms with Crippen LogP contribution < -0.4 is 11.2 Å². The van der Waals surface area contributed by atoms with Gasteiger partial charge in [-0.1, -0.05) is 17.7 Å². The fourth-order valence-electron chi connectivity index (χ4n) is 1.71. The molecule has 0 unspecified atom stereocenters. The third-order valence-electron chi connectivity index (χ3n) is 2.61. The number of hydrogen-bond acceptors (Lipinski definition) is 6. The first kappa shape index (κ1) is 12.8. The Bertz CT molecular complexity index is 783. The maximum absolute atomic E-state index is 6.14. The molecule has 0 aliphatic carbocycles. The normalized spacial score (nSPS) is 11.2. The smallest absolute Gasteiger partial charge is 0.205 e. The van der Waals surface area contributed by atoms with Crippen molar-refractivity contribution in [3.8, 4) is 0 Å². The van der Waals surface area contributed by atoms with Gasteiger partial charge < -0.3 is 5.73 Å². The van der Waals surface area contributed by atoms with Crippen molar-refractivity contribution in [3.63, 3.8) is 0 Å². The van der Waals surface area contributed by atoms with E-state index in [1.54, 1.807) is 23.9 Å². The largest absolute Gasteiger partial charge is 0.383 e. The highest BCUT2D eigenvalue weighted by molar-refractivity contribution is 7.14. The van der Waals surface area contributed by atoms with Crippen molar-refractivity contribution in [1.29, 1.82) is 0 Å². The highest BCUT2D eigenvalue weighted by atomic mass is 35.5. The molecule has 0 saturated heterocycles. The lowest BCUT2D eigenvalue weighted by molar-refractivity contribution is 1.29. The summed E-state index contributed by atoms with van der Waals surface area (Å²) in [4.78, 5) is 8.29. The molecule has 0 atom stereocenters. The maximum Gasteiger partial charge on any atom is 0.205 e. The molecule has 3 N–H and O–H groups in total. The number of aromatic nitrogens is 2. The van der Waals surface area contributed by atoms with Crippen LogP contribution in [0.3, 0.4) is 0 Å². The van der Waals surface area contributed by atoms with E-state index >= 15 is 0 Å². The van der Waals surface area contributed by atoms with Crippen LogP contribution in [-0.4, -0.2) is 16.2 Å². The number of nitrogens with zero attached hydrogens (tertiary/aromatic N) is 3. The van der Waals surface area contributed by atoms with Crippen LogP contribution in [0, 0.1) is 0 Å². The van der Waals surface area contributed by atoms with Gasteiger partial charge in [0.1, 0.15) is 5.82 Å². The summed E-state index contributed by atoms with van der Waals surface area (Å²) in [5.41, 5.74) is 10.1. The molecule has 2 heterocycles. The topological polar surface area (TPSA) is 76.2 Å². The molecule has 0 bridgehead atoms. The number of fused-ring (bicyclic) bond motifs is 1. The van der Waals surface area contributed by atoms with Gasteiger partial charge in [0, 0.05) is 17.0 Å². The molecule has 5 nitrogen and oxygen atoms in total. The number of halogens is 1.